The van der Waals surface area contributed by atoms with Crippen LogP contribution in [-0.4, -0.2) is 34.8 Å². The van der Waals surface area contributed by atoms with Crippen LogP contribution in [0.2, 0.25) is 0 Å². The van der Waals surface area contributed by atoms with Gasteiger partial charge in [0.2, 0.25) is 5.91 Å². The lowest BCUT2D eigenvalue weighted by Gasteiger charge is -2.40. The number of rotatable bonds is 5. The molecule has 2 amide bonds. The highest BCUT2D eigenvalue weighted by Gasteiger charge is 2.50. The van der Waals surface area contributed by atoms with Gasteiger partial charge < -0.3 is 15.5 Å². The first-order chi connectivity index (χ1) is 16.5. The Labute approximate surface area is 203 Å². The van der Waals surface area contributed by atoms with E-state index in [0.29, 0.717) is 30.3 Å². The predicted octanol–water partition coefficient (Wildman–Crippen LogP) is 4.85. The van der Waals surface area contributed by atoms with Crippen molar-refractivity contribution in [3.8, 4) is 0 Å². The fourth-order valence-corrected chi connectivity index (χ4v) is 7.39. The standard InChI is InChI=1S/C29H39N3O2/c1-19-9-12-25(27(33)30-19)32-18-22-17-20(10-11-23(22)28(32)34)16-21-6-2-3-7-24(21)31-26-8-4-5-13-29(26)14-15-29/h10-11,17,21,24-26,31H,1-9,12-16,18H2,(H,30,33)/t21-,24+,25?,26+/m1/s1. The van der Waals surface area contributed by atoms with Crippen molar-refractivity contribution in [2.45, 2.75) is 108 Å². The van der Waals surface area contributed by atoms with Crippen molar-refractivity contribution in [2.24, 2.45) is 11.3 Å². The molecule has 5 aliphatic rings. The summed E-state index contributed by atoms with van der Waals surface area (Å²) in [5, 5.41) is 7.02. The van der Waals surface area contributed by atoms with E-state index in [0.717, 1.165) is 35.7 Å². The van der Waals surface area contributed by atoms with E-state index < -0.39 is 0 Å². The van der Waals surface area contributed by atoms with E-state index in [2.05, 4.69) is 29.3 Å². The Bertz CT molecular complexity index is 997. The van der Waals surface area contributed by atoms with E-state index in [4.69, 9.17) is 0 Å². The molecular formula is C29H39N3O2. The van der Waals surface area contributed by atoms with E-state index >= 15 is 0 Å². The first kappa shape index (κ1) is 22.3. The van der Waals surface area contributed by atoms with E-state index in [1.165, 1.54) is 69.8 Å². The quantitative estimate of drug-likeness (QED) is 0.659. The fraction of sp³-hybridized carbons (Fsp3) is 0.655. The summed E-state index contributed by atoms with van der Waals surface area (Å²) >= 11 is 0. The number of nitrogens with one attached hydrogen (secondary N) is 2. The van der Waals surface area contributed by atoms with Crippen molar-refractivity contribution in [1.29, 1.82) is 0 Å². The molecule has 1 aromatic carbocycles. The van der Waals surface area contributed by atoms with Crippen molar-refractivity contribution in [1.82, 2.24) is 15.5 Å². The van der Waals surface area contributed by atoms with Gasteiger partial charge in [0.15, 0.2) is 0 Å². The van der Waals surface area contributed by atoms with Crippen LogP contribution < -0.4 is 10.6 Å². The molecule has 1 aromatic rings. The fourth-order valence-electron chi connectivity index (χ4n) is 7.39. The maximum absolute atomic E-state index is 13.1. The summed E-state index contributed by atoms with van der Waals surface area (Å²) in [4.78, 5) is 27.3. The molecule has 6 rings (SSSR count). The first-order valence-corrected chi connectivity index (χ1v) is 13.7. The highest BCUT2D eigenvalue weighted by molar-refractivity contribution is 6.01. The molecule has 0 bridgehead atoms. The molecular weight excluding hydrogens is 422 g/mol. The molecule has 0 aromatic heterocycles. The summed E-state index contributed by atoms with van der Waals surface area (Å²) in [5.74, 6) is 0.580. The van der Waals surface area contributed by atoms with Crippen molar-refractivity contribution in [2.75, 3.05) is 0 Å². The molecule has 4 fully saturated rings. The monoisotopic (exact) mass is 461 g/mol. The Hall–Kier alpha value is -2.14. The lowest BCUT2D eigenvalue weighted by molar-refractivity contribution is -0.126. The minimum Gasteiger partial charge on any atom is -0.329 e. The van der Waals surface area contributed by atoms with Gasteiger partial charge in [-0.2, -0.15) is 0 Å². The molecule has 2 aliphatic heterocycles. The Morgan fingerprint density at radius 3 is 2.68 bits per heavy atom. The van der Waals surface area contributed by atoms with Crippen molar-refractivity contribution in [3.63, 3.8) is 0 Å². The molecule has 5 heteroatoms. The molecule has 2 N–H and O–H groups in total. The number of benzene rings is 1. The van der Waals surface area contributed by atoms with Gasteiger partial charge in [-0.15, -0.1) is 0 Å². The smallest absolute Gasteiger partial charge is 0.255 e. The highest BCUT2D eigenvalue weighted by Crippen LogP contribution is 2.56. The summed E-state index contributed by atoms with van der Waals surface area (Å²) < 4.78 is 0. The SMILES string of the molecule is C=C1CCC(N2Cc3cc(C[C@H]4CCCC[C@@H]4N[C@H]4CCCCC45CC5)ccc3C2=O)C(=O)N1. The maximum atomic E-state index is 13.1. The molecule has 0 radical (unpaired) electrons. The van der Waals surface area contributed by atoms with Gasteiger partial charge in [0.1, 0.15) is 6.04 Å². The van der Waals surface area contributed by atoms with Crippen molar-refractivity contribution < 1.29 is 9.59 Å². The number of carbonyl (C=O) groups excluding carboxylic acids is 2. The molecule has 3 saturated carbocycles. The van der Waals surface area contributed by atoms with E-state index in [-0.39, 0.29) is 17.9 Å². The van der Waals surface area contributed by atoms with Crippen molar-refractivity contribution in [3.05, 3.63) is 47.2 Å². The Morgan fingerprint density at radius 1 is 1.03 bits per heavy atom. The molecule has 1 spiro atoms. The lowest BCUT2D eigenvalue weighted by atomic mass is 9.77. The van der Waals surface area contributed by atoms with Gasteiger partial charge in [-0.1, -0.05) is 44.4 Å². The summed E-state index contributed by atoms with van der Waals surface area (Å²) in [6.07, 6.45) is 16.2. The molecule has 5 nitrogen and oxygen atoms in total. The average Bonchev–Trinajstić information content (AvgIpc) is 3.53. The van der Waals surface area contributed by atoms with Gasteiger partial charge in [0, 0.05) is 29.9 Å². The number of carbonyl (C=O) groups is 2. The van der Waals surface area contributed by atoms with Crippen LogP contribution in [0, 0.1) is 11.3 Å². The maximum Gasteiger partial charge on any atom is 0.255 e. The predicted molar refractivity (Wildman–Crippen MR) is 133 cm³/mol. The third-order valence-corrected chi connectivity index (χ3v) is 9.57. The van der Waals surface area contributed by atoms with E-state index in [1.54, 1.807) is 4.90 Å². The van der Waals surface area contributed by atoms with Crippen LogP contribution in [-0.2, 0) is 17.8 Å². The van der Waals surface area contributed by atoms with Gasteiger partial charge in [-0.25, -0.2) is 0 Å². The number of amides is 2. The number of fused-ring (bicyclic) bond motifs is 1. The Kier molecular flexibility index (Phi) is 5.79. The first-order valence-electron chi connectivity index (χ1n) is 13.7. The third kappa shape index (κ3) is 4.10. The number of hydrogen-bond acceptors (Lipinski definition) is 3. The second kappa shape index (κ2) is 8.82. The zero-order valence-electron chi connectivity index (χ0n) is 20.4. The highest BCUT2D eigenvalue weighted by atomic mass is 16.2. The van der Waals surface area contributed by atoms with Gasteiger partial charge in [-0.05, 0) is 86.3 Å². The molecule has 2 heterocycles. The summed E-state index contributed by atoms with van der Waals surface area (Å²) in [6.45, 7) is 4.41. The zero-order chi connectivity index (χ0) is 23.3. The topological polar surface area (TPSA) is 61.4 Å². The summed E-state index contributed by atoms with van der Waals surface area (Å²) in [7, 11) is 0. The van der Waals surface area contributed by atoms with Crippen LogP contribution in [0.25, 0.3) is 0 Å². The lowest BCUT2D eigenvalue weighted by Crippen LogP contribution is -2.49. The molecule has 1 unspecified atom stereocenters. The normalized spacial score (nSPS) is 32.6. The van der Waals surface area contributed by atoms with Crippen LogP contribution in [0.3, 0.4) is 0 Å². The third-order valence-electron chi connectivity index (χ3n) is 9.57. The second-order valence-corrected chi connectivity index (χ2v) is 11.8. The Balaban J connectivity index is 1.14. The molecule has 34 heavy (non-hydrogen) atoms. The molecule has 4 atom stereocenters. The molecule has 3 aliphatic carbocycles. The number of allylic oxidation sites excluding steroid dienone is 1. The average molecular weight is 462 g/mol. The van der Waals surface area contributed by atoms with Gasteiger partial charge in [0.25, 0.3) is 5.91 Å². The van der Waals surface area contributed by atoms with Crippen molar-refractivity contribution >= 4 is 11.8 Å². The molecule has 1 saturated heterocycles. The number of nitrogens with zero attached hydrogens (tertiary/aromatic N) is 1. The summed E-state index contributed by atoms with van der Waals surface area (Å²) in [6, 6.07) is 7.40. The minimum atomic E-state index is -0.383. The number of hydrogen-bond donors (Lipinski definition) is 2. The van der Waals surface area contributed by atoms with Crippen LogP contribution in [0.15, 0.2) is 30.5 Å². The van der Waals surface area contributed by atoms with Crippen LogP contribution >= 0.6 is 0 Å². The zero-order valence-corrected chi connectivity index (χ0v) is 20.4. The van der Waals surface area contributed by atoms with Crippen LogP contribution in [0.5, 0.6) is 0 Å². The minimum absolute atomic E-state index is 0.00143. The van der Waals surface area contributed by atoms with Gasteiger partial charge in [-0.3, -0.25) is 9.59 Å². The van der Waals surface area contributed by atoms with E-state index in [1.807, 2.05) is 6.07 Å². The van der Waals surface area contributed by atoms with E-state index in [9.17, 15) is 9.59 Å². The van der Waals surface area contributed by atoms with Crippen LogP contribution in [0.4, 0.5) is 0 Å². The largest absolute Gasteiger partial charge is 0.329 e. The second-order valence-electron chi connectivity index (χ2n) is 11.8. The number of piperidine rings is 1. The Morgan fingerprint density at radius 2 is 1.85 bits per heavy atom. The summed E-state index contributed by atoms with van der Waals surface area (Å²) in [5.41, 5.74) is 4.60. The van der Waals surface area contributed by atoms with Gasteiger partial charge >= 0.3 is 0 Å². The van der Waals surface area contributed by atoms with Gasteiger partial charge in [0.05, 0.1) is 0 Å². The van der Waals surface area contributed by atoms with Crippen LogP contribution in [0.1, 0.15) is 98.5 Å². The molecule has 182 valence electrons.